The topological polar surface area (TPSA) is 100 Å². The van der Waals surface area contributed by atoms with Gasteiger partial charge in [-0.1, -0.05) is 0 Å². The predicted molar refractivity (Wildman–Crippen MR) is 116 cm³/mol. The third-order valence-electron chi connectivity index (χ3n) is 5.39. The fourth-order valence-electron chi connectivity index (χ4n) is 3.53. The van der Waals surface area contributed by atoms with Crippen LogP contribution in [0.3, 0.4) is 0 Å². The van der Waals surface area contributed by atoms with E-state index >= 15 is 0 Å². The van der Waals surface area contributed by atoms with Gasteiger partial charge < -0.3 is 15.0 Å². The molecule has 0 saturated carbocycles. The summed E-state index contributed by atoms with van der Waals surface area (Å²) >= 11 is 3.08. The SMILES string of the molecule is CC(Br)OC(=O)c1ccn(C2(CC#N)CN(c3cc(F)c(C(=O)N[C@@H](C)C(F)(F)F)cc3F)C2)n1. The first-order valence-electron chi connectivity index (χ1n) is 10.2. The number of rotatable bonds is 7. The van der Waals surface area contributed by atoms with Gasteiger partial charge >= 0.3 is 12.1 Å². The number of aromatic nitrogens is 2. The molecule has 1 saturated heterocycles. The van der Waals surface area contributed by atoms with E-state index in [4.69, 9.17) is 4.74 Å². The minimum Gasteiger partial charge on any atom is -0.446 e. The Morgan fingerprint density at radius 1 is 1.29 bits per heavy atom. The summed E-state index contributed by atoms with van der Waals surface area (Å²) in [6, 6.07) is 2.38. The second-order valence-electron chi connectivity index (χ2n) is 8.03. The Kier molecular flexibility index (Phi) is 7.39. The summed E-state index contributed by atoms with van der Waals surface area (Å²) in [6.07, 6.45) is -3.34. The zero-order valence-electron chi connectivity index (χ0n) is 18.4. The number of carbonyl (C=O) groups is 2. The molecule has 1 aliphatic heterocycles. The highest BCUT2D eigenvalue weighted by molar-refractivity contribution is 9.09. The van der Waals surface area contributed by atoms with Crippen molar-refractivity contribution in [3.63, 3.8) is 0 Å². The summed E-state index contributed by atoms with van der Waals surface area (Å²) in [4.78, 5) is 25.4. The molecule has 1 amide bonds. The van der Waals surface area contributed by atoms with E-state index in [2.05, 4.69) is 21.0 Å². The number of hydrogen-bond donors (Lipinski definition) is 1. The Morgan fingerprint density at radius 2 is 1.94 bits per heavy atom. The van der Waals surface area contributed by atoms with E-state index < -0.39 is 51.8 Å². The zero-order valence-corrected chi connectivity index (χ0v) is 20.0. The molecule has 1 aliphatic rings. The summed E-state index contributed by atoms with van der Waals surface area (Å²) < 4.78 is 73.7. The fraction of sp³-hybridized carbons (Fsp3) is 0.429. The van der Waals surface area contributed by atoms with Gasteiger partial charge in [-0.15, -0.1) is 0 Å². The van der Waals surface area contributed by atoms with Crippen LogP contribution in [0.2, 0.25) is 0 Å². The number of halogens is 6. The van der Waals surface area contributed by atoms with Gasteiger partial charge in [-0.3, -0.25) is 9.48 Å². The Morgan fingerprint density at radius 3 is 2.51 bits per heavy atom. The van der Waals surface area contributed by atoms with Gasteiger partial charge in [-0.2, -0.15) is 23.5 Å². The molecule has 3 rings (SSSR count). The molecule has 188 valence electrons. The standard InChI is InChI=1S/C21H19BrF5N5O3/c1-11(21(25,26)27)29-18(33)13-7-15(24)17(8-14(13)23)31-9-20(10-31,4-5-28)32-6-3-16(30-32)19(34)35-12(2)22/h3,6-8,11-12H,4,9-10H2,1-2H3,(H,29,33)/t11-,12?/m0/s1. The van der Waals surface area contributed by atoms with E-state index in [1.54, 1.807) is 12.2 Å². The number of hydrogen-bond acceptors (Lipinski definition) is 6. The largest absolute Gasteiger partial charge is 0.446 e. The summed E-state index contributed by atoms with van der Waals surface area (Å²) in [5.41, 5.74) is -2.07. The lowest BCUT2D eigenvalue weighted by molar-refractivity contribution is -0.149. The first-order chi connectivity index (χ1) is 16.3. The van der Waals surface area contributed by atoms with Crippen molar-refractivity contribution in [2.75, 3.05) is 18.0 Å². The molecule has 0 radical (unpaired) electrons. The molecule has 1 aromatic carbocycles. The number of carbonyl (C=O) groups excluding carboxylic acids is 2. The first kappa shape index (κ1) is 26.4. The van der Waals surface area contributed by atoms with E-state index in [0.29, 0.717) is 19.1 Å². The average molecular weight is 564 g/mol. The molecule has 0 aliphatic carbocycles. The number of nitriles is 1. The molecule has 35 heavy (non-hydrogen) atoms. The van der Waals surface area contributed by atoms with Gasteiger partial charge in [0, 0.05) is 25.4 Å². The fourth-order valence-corrected chi connectivity index (χ4v) is 3.70. The quantitative estimate of drug-likeness (QED) is 0.312. The molecular formula is C21H19BrF5N5O3. The number of anilines is 1. The maximum absolute atomic E-state index is 14.7. The monoisotopic (exact) mass is 563 g/mol. The molecule has 2 heterocycles. The van der Waals surface area contributed by atoms with Crippen molar-refractivity contribution in [3.05, 3.63) is 47.3 Å². The van der Waals surface area contributed by atoms with Crippen LogP contribution in [0.5, 0.6) is 0 Å². The number of ether oxygens (including phenoxy) is 1. The number of amides is 1. The van der Waals surface area contributed by atoms with Crippen molar-refractivity contribution in [1.29, 1.82) is 5.26 Å². The number of alkyl halides is 4. The minimum atomic E-state index is -4.75. The predicted octanol–water partition coefficient (Wildman–Crippen LogP) is 3.87. The minimum absolute atomic E-state index is 0.00672. The van der Waals surface area contributed by atoms with Gasteiger partial charge in [0.15, 0.2) is 10.7 Å². The summed E-state index contributed by atoms with van der Waals surface area (Å²) in [5, 5.41) is 14.5. The van der Waals surface area contributed by atoms with Gasteiger partial charge in [-0.05, 0) is 41.9 Å². The highest BCUT2D eigenvalue weighted by Gasteiger charge is 2.47. The van der Waals surface area contributed by atoms with Crippen molar-refractivity contribution < 1.29 is 36.3 Å². The Hall–Kier alpha value is -3.21. The molecule has 2 aromatic rings. The molecule has 1 fully saturated rings. The van der Waals surface area contributed by atoms with Crippen molar-refractivity contribution in [1.82, 2.24) is 15.1 Å². The third kappa shape index (κ3) is 5.55. The van der Waals surface area contributed by atoms with Crippen LogP contribution in [0.15, 0.2) is 24.4 Å². The van der Waals surface area contributed by atoms with Crippen LogP contribution >= 0.6 is 15.9 Å². The lowest BCUT2D eigenvalue weighted by Gasteiger charge is -2.50. The number of nitrogens with one attached hydrogen (secondary N) is 1. The maximum atomic E-state index is 14.7. The van der Waals surface area contributed by atoms with E-state index in [-0.39, 0.29) is 30.9 Å². The van der Waals surface area contributed by atoms with Crippen molar-refractivity contribution in [3.8, 4) is 6.07 Å². The summed E-state index contributed by atoms with van der Waals surface area (Å²) in [7, 11) is 0. The molecule has 0 bridgehead atoms. The Labute approximate surface area is 204 Å². The van der Waals surface area contributed by atoms with Crippen LogP contribution in [-0.4, -0.2) is 52.0 Å². The molecule has 0 spiro atoms. The second-order valence-corrected chi connectivity index (χ2v) is 9.32. The smallest absolute Gasteiger partial charge is 0.408 e. The molecular weight excluding hydrogens is 545 g/mol. The van der Waals surface area contributed by atoms with E-state index in [0.717, 1.165) is 0 Å². The van der Waals surface area contributed by atoms with Crippen LogP contribution in [0, 0.1) is 23.0 Å². The van der Waals surface area contributed by atoms with Crippen molar-refractivity contribution in [2.24, 2.45) is 0 Å². The van der Waals surface area contributed by atoms with Gasteiger partial charge in [0.25, 0.3) is 5.91 Å². The van der Waals surface area contributed by atoms with Gasteiger partial charge in [0.05, 0.1) is 23.7 Å². The normalized spacial score (nSPS) is 16.6. The Balaban J connectivity index is 1.79. The zero-order chi connectivity index (χ0) is 26.1. The average Bonchev–Trinajstić information content (AvgIpc) is 3.21. The Bertz CT molecular complexity index is 1170. The first-order valence-corrected chi connectivity index (χ1v) is 11.1. The lowest BCUT2D eigenvalue weighted by atomic mass is 9.86. The highest BCUT2D eigenvalue weighted by atomic mass is 79.9. The second kappa shape index (κ2) is 9.80. The van der Waals surface area contributed by atoms with E-state index in [1.807, 2.05) is 6.07 Å². The molecule has 1 aromatic heterocycles. The third-order valence-corrected chi connectivity index (χ3v) is 5.58. The molecule has 1 unspecified atom stereocenters. The van der Waals surface area contributed by atoms with Crippen LogP contribution < -0.4 is 10.2 Å². The van der Waals surface area contributed by atoms with Crippen molar-refractivity contribution >= 4 is 33.5 Å². The molecule has 2 atom stereocenters. The number of benzene rings is 1. The van der Waals surface area contributed by atoms with Crippen LogP contribution in [0.4, 0.5) is 27.6 Å². The maximum Gasteiger partial charge on any atom is 0.408 e. The van der Waals surface area contributed by atoms with E-state index in [9.17, 15) is 36.8 Å². The van der Waals surface area contributed by atoms with Gasteiger partial charge in [0.1, 0.15) is 23.2 Å². The highest BCUT2D eigenvalue weighted by Crippen LogP contribution is 2.37. The molecule has 1 N–H and O–H groups in total. The number of nitrogens with zero attached hydrogens (tertiary/aromatic N) is 4. The van der Waals surface area contributed by atoms with Gasteiger partial charge in [0.2, 0.25) is 0 Å². The van der Waals surface area contributed by atoms with E-state index in [1.165, 1.54) is 21.8 Å². The van der Waals surface area contributed by atoms with Crippen molar-refractivity contribution in [2.45, 2.75) is 43.0 Å². The lowest BCUT2D eigenvalue weighted by Crippen LogP contribution is -2.63. The van der Waals surface area contributed by atoms with Crippen LogP contribution in [0.1, 0.15) is 41.1 Å². The summed E-state index contributed by atoms with van der Waals surface area (Å²) in [6.45, 7) is 2.29. The summed E-state index contributed by atoms with van der Waals surface area (Å²) in [5.74, 6) is -4.34. The van der Waals surface area contributed by atoms with Crippen LogP contribution in [-0.2, 0) is 10.3 Å². The van der Waals surface area contributed by atoms with Gasteiger partial charge in [-0.25, -0.2) is 13.6 Å². The molecule has 14 heteroatoms. The molecule has 8 nitrogen and oxygen atoms in total. The number of esters is 1. The van der Waals surface area contributed by atoms with Crippen LogP contribution in [0.25, 0.3) is 0 Å².